The lowest BCUT2D eigenvalue weighted by molar-refractivity contribution is 0.0925. The molecule has 3 rings (SSSR count). The van der Waals surface area contributed by atoms with E-state index >= 15 is 0 Å². The lowest BCUT2D eigenvalue weighted by Crippen LogP contribution is -2.32. The van der Waals surface area contributed by atoms with Crippen molar-refractivity contribution in [1.29, 1.82) is 0 Å². The predicted molar refractivity (Wildman–Crippen MR) is 56.9 cm³/mol. The number of anilines is 1. The molecule has 1 aliphatic rings. The molecule has 17 heavy (non-hydrogen) atoms. The molecule has 84 valence electrons. The van der Waals surface area contributed by atoms with Crippen LogP contribution in [0.5, 0.6) is 0 Å². The Hall–Kier alpha value is -2.63. The second-order valence-electron chi connectivity index (χ2n) is 3.54. The molecule has 6 heteroatoms. The van der Waals surface area contributed by atoms with Crippen molar-refractivity contribution in [2.45, 2.75) is 0 Å². The molecule has 0 fully saturated rings. The number of hydrogen-bond donors (Lipinski definition) is 1. The minimum absolute atomic E-state index is 0.101. The Labute approximate surface area is 94.4 Å². The fourth-order valence-corrected chi connectivity index (χ4v) is 1.81. The van der Waals surface area contributed by atoms with E-state index in [1.54, 1.807) is 24.3 Å². The zero-order chi connectivity index (χ0) is 12.0. The van der Waals surface area contributed by atoms with Gasteiger partial charge in [0.2, 0.25) is 0 Å². The Balaban J connectivity index is 2.19. The lowest BCUT2D eigenvalue weighted by atomic mass is 10.1. The van der Waals surface area contributed by atoms with Crippen molar-refractivity contribution < 1.29 is 14.1 Å². The Morgan fingerprint density at radius 3 is 2.06 bits per heavy atom. The number of rotatable bonds is 1. The number of aromatic amines is 1. The summed E-state index contributed by atoms with van der Waals surface area (Å²) < 4.78 is 4.57. The van der Waals surface area contributed by atoms with Gasteiger partial charge in [0.25, 0.3) is 11.8 Å². The molecule has 1 aromatic heterocycles. The van der Waals surface area contributed by atoms with Crippen LogP contribution >= 0.6 is 0 Å². The van der Waals surface area contributed by atoms with E-state index in [-0.39, 0.29) is 16.8 Å². The number of H-pyrrole nitrogens is 1. The molecule has 6 nitrogen and oxygen atoms in total. The molecule has 1 N–H and O–H groups in total. The van der Waals surface area contributed by atoms with Crippen LogP contribution < -0.4 is 10.5 Å². The molecule has 1 aromatic carbocycles. The van der Waals surface area contributed by atoms with Crippen molar-refractivity contribution in [3.05, 3.63) is 52.0 Å². The Bertz CT molecular complexity index is 648. The third-order valence-electron chi connectivity index (χ3n) is 2.59. The van der Waals surface area contributed by atoms with Gasteiger partial charge in [0.15, 0.2) is 5.69 Å². The van der Waals surface area contributed by atoms with Gasteiger partial charge in [-0.2, -0.15) is 5.16 Å². The maximum absolute atomic E-state index is 12.0. The monoisotopic (exact) mass is 230 g/mol. The van der Waals surface area contributed by atoms with E-state index in [4.69, 9.17) is 0 Å². The summed E-state index contributed by atoms with van der Waals surface area (Å²) in [6.45, 7) is 0. The normalized spacial score (nSPS) is 14.2. The molecular formula is C11H6N2O4. The fraction of sp³-hybridized carbons (Fsp3) is 0. The van der Waals surface area contributed by atoms with Crippen molar-refractivity contribution >= 4 is 17.5 Å². The molecule has 2 heterocycles. The molecule has 0 unspecified atom stereocenters. The van der Waals surface area contributed by atoms with Crippen LogP contribution in [-0.4, -0.2) is 17.0 Å². The Morgan fingerprint density at radius 2 is 1.59 bits per heavy atom. The molecule has 0 bridgehead atoms. The van der Waals surface area contributed by atoms with Crippen molar-refractivity contribution in [1.82, 2.24) is 5.16 Å². The first-order chi connectivity index (χ1) is 8.20. The smallest absolute Gasteiger partial charge is 0.304 e. The highest BCUT2D eigenvalue weighted by Crippen LogP contribution is 2.25. The van der Waals surface area contributed by atoms with E-state index < -0.39 is 17.4 Å². The lowest BCUT2D eigenvalue weighted by Gasteiger charge is -2.08. The van der Waals surface area contributed by atoms with Crippen molar-refractivity contribution in [2.75, 3.05) is 4.90 Å². The third-order valence-corrected chi connectivity index (χ3v) is 2.59. The first-order valence-corrected chi connectivity index (χ1v) is 4.84. The third kappa shape index (κ3) is 1.17. The number of nitrogens with zero attached hydrogens (tertiary/aromatic N) is 1. The Kier molecular flexibility index (Phi) is 1.79. The van der Waals surface area contributed by atoms with Crippen LogP contribution in [0.15, 0.2) is 39.8 Å². The second-order valence-corrected chi connectivity index (χ2v) is 3.54. The molecule has 0 spiro atoms. The summed E-state index contributed by atoms with van der Waals surface area (Å²) in [4.78, 5) is 36.1. The summed E-state index contributed by atoms with van der Waals surface area (Å²) in [7, 11) is 0. The number of nitrogens with one attached hydrogen (secondary N) is 1. The molecule has 0 saturated carbocycles. The first-order valence-electron chi connectivity index (χ1n) is 4.84. The van der Waals surface area contributed by atoms with Crippen LogP contribution in [0.25, 0.3) is 0 Å². The molecule has 0 aliphatic carbocycles. The van der Waals surface area contributed by atoms with Gasteiger partial charge in [0, 0.05) is 0 Å². The maximum Gasteiger partial charge on any atom is 0.304 e. The predicted octanol–water partition coefficient (Wildman–Crippen LogP) is 0.768. The molecule has 0 atom stereocenters. The van der Waals surface area contributed by atoms with Gasteiger partial charge >= 0.3 is 5.56 Å². The molecule has 0 saturated heterocycles. The largest absolute Gasteiger partial charge is 0.385 e. The average Bonchev–Trinajstić information content (AvgIpc) is 2.84. The number of benzene rings is 1. The van der Waals surface area contributed by atoms with Crippen LogP contribution in [-0.2, 0) is 0 Å². The minimum atomic E-state index is -0.612. The van der Waals surface area contributed by atoms with E-state index in [0.29, 0.717) is 0 Å². The quantitative estimate of drug-likeness (QED) is 0.733. The summed E-state index contributed by atoms with van der Waals surface area (Å²) in [5.74, 6) is -1.03. The molecule has 2 aromatic rings. The van der Waals surface area contributed by atoms with Gasteiger partial charge in [-0.25, -0.2) is 4.90 Å². The van der Waals surface area contributed by atoms with Gasteiger partial charge < -0.3 is 4.52 Å². The number of imide groups is 1. The molecule has 1 aliphatic heterocycles. The minimum Gasteiger partial charge on any atom is -0.385 e. The van der Waals surface area contributed by atoms with Gasteiger partial charge in [-0.15, -0.1) is 0 Å². The summed E-state index contributed by atoms with van der Waals surface area (Å²) in [6.07, 6.45) is 1.05. The second kappa shape index (κ2) is 3.18. The van der Waals surface area contributed by atoms with Gasteiger partial charge in [-0.3, -0.25) is 14.4 Å². The zero-order valence-corrected chi connectivity index (χ0v) is 8.47. The van der Waals surface area contributed by atoms with Crippen LogP contribution in [0.1, 0.15) is 20.7 Å². The number of carbonyl (C=O) groups excluding carboxylic acids is 2. The Morgan fingerprint density at radius 1 is 1.00 bits per heavy atom. The van der Waals surface area contributed by atoms with E-state index in [2.05, 4.69) is 4.52 Å². The first kappa shape index (κ1) is 9.59. The summed E-state index contributed by atoms with van der Waals surface area (Å²) in [5.41, 5.74) is -0.132. The number of aromatic nitrogens is 1. The van der Waals surface area contributed by atoms with Gasteiger partial charge in [-0.05, 0) is 12.1 Å². The van der Waals surface area contributed by atoms with Crippen molar-refractivity contribution in [3.8, 4) is 0 Å². The molecular weight excluding hydrogens is 224 g/mol. The SMILES string of the molecule is O=C1c2ccccc2C(=O)N1c1co[nH]c1=O. The number of carbonyl (C=O) groups is 2. The highest BCUT2D eigenvalue weighted by molar-refractivity contribution is 6.34. The average molecular weight is 230 g/mol. The van der Waals surface area contributed by atoms with Crippen molar-refractivity contribution in [3.63, 3.8) is 0 Å². The van der Waals surface area contributed by atoms with Crippen LogP contribution in [0.3, 0.4) is 0 Å². The van der Waals surface area contributed by atoms with Gasteiger partial charge in [-0.1, -0.05) is 12.1 Å². The van der Waals surface area contributed by atoms with E-state index in [1.165, 1.54) is 0 Å². The number of amides is 2. The fourth-order valence-electron chi connectivity index (χ4n) is 1.81. The van der Waals surface area contributed by atoms with E-state index in [1.807, 2.05) is 5.16 Å². The van der Waals surface area contributed by atoms with Gasteiger partial charge in [0.05, 0.1) is 11.1 Å². The highest BCUT2D eigenvalue weighted by atomic mass is 16.5. The van der Waals surface area contributed by atoms with E-state index in [9.17, 15) is 14.4 Å². The molecule has 2 amide bonds. The standard InChI is InChI=1S/C11H6N2O4/c14-9-8(5-17-12-9)13-10(15)6-3-1-2-4-7(6)11(13)16/h1-5H,(H,12,14). The van der Waals surface area contributed by atoms with Gasteiger partial charge in [0.1, 0.15) is 6.26 Å². The topological polar surface area (TPSA) is 83.4 Å². The van der Waals surface area contributed by atoms with Crippen LogP contribution in [0, 0.1) is 0 Å². The van der Waals surface area contributed by atoms with Crippen LogP contribution in [0.4, 0.5) is 5.69 Å². The van der Waals surface area contributed by atoms with E-state index in [0.717, 1.165) is 11.2 Å². The maximum atomic E-state index is 12.0. The van der Waals surface area contributed by atoms with Crippen LogP contribution in [0.2, 0.25) is 0 Å². The highest BCUT2D eigenvalue weighted by Gasteiger charge is 2.38. The summed E-state index contributed by atoms with van der Waals surface area (Å²) in [5, 5.41) is 2.04. The number of fused-ring (bicyclic) bond motifs is 1. The van der Waals surface area contributed by atoms with Crippen molar-refractivity contribution in [2.24, 2.45) is 0 Å². The molecule has 0 radical (unpaired) electrons. The summed E-state index contributed by atoms with van der Waals surface area (Å²) >= 11 is 0. The zero-order valence-electron chi connectivity index (χ0n) is 8.47. The summed E-state index contributed by atoms with van der Waals surface area (Å²) in [6, 6.07) is 6.41. The number of hydrogen-bond acceptors (Lipinski definition) is 4.